The number of nitrogens with zero attached hydrogens (tertiary/aromatic N) is 1. The molecule has 0 spiro atoms. The first-order chi connectivity index (χ1) is 1.50. The minimum absolute atomic E-state index is 0. The Morgan fingerprint density at radius 3 is 1.50 bits per heavy atom. The van der Waals surface area contributed by atoms with Crippen molar-refractivity contribution in [2.45, 2.75) is 0 Å². The number of hydrogen-bond acceptors (Lipinski definition) is 0. The fourth-order valence-corrected chi connectivity index (χ4v) is 0. The van der Waals surface area contributed by atoms with Crippen molar-refractivity contribution in [3.05, 3.63) is 5.32 Å². The van der Waals surface area contributed by atoms with Crippen LogP contribution in [0.4, 0.5) is 0 Å². The second-order valence-electron chi connectivity index (χ2n) is 0.671. The molecule has 0 atom stereocenters. The maximum Gasteiger partial charge on any atom is 0 e. The van der Waals surface area contributed by atoms with Crippen LogP contribution >= 0.6 is 0 Å². The average Bonchev–Trinajstić information content (AvgIpc) is 1.46. The molecule has 0 bridgehead atoms. The topological polar surface area (TPSA) is 14.1 Å². The van der Waals surface area contributed by atoms with Crippen LogP contribution in [0.5, 0.6) is 0 Å². The third kappa shape index (κ3) is 2.84. The molecule has 0 aliphatic carbocycles. The van der Waals surface area contributed by atoms with Crippen LogP contribution in [0.1, 0.15) is 0 Å². The van der Waals surface area contributed by atoms with Gasteiger partial charge in [0.15, 0.2) is 0 Å². The normalized spacial score (nSPS) is 18.0. The molecule has 0 saturated carbocycles. The SMILES string of the molecule is C1C[N-]1.[Zr]. The van der Waals surface area contributed by atoms with Crippen molar-refractivity contribution < 1.29 is 26.2 Å². The summed E-state index contributed by atoms with van der Waals surface area (Å²) in [5.74, 6) is 0. The van der Waals surface area contributed by atoms with E-state index < -0.39 is 0 Å². The van der Waals surface area contributed by atoms with Crippen LogP contribution in [0.3, 0.4) is 0 Å². The van der Waals surface area contributed by atoms with E-state index in [-0.39, 0.29) is 26.2 Å². The summed E-state index contributed by atoms with van der Waals surface area (Å²) in [6.07, 6.45) is 0. The Balaban J connectivity index is 0.0000000900. The van der Waals surface area contributed by atoms with Gasteiger partial charge in [-0.05, 0) is 0 Å². The minimum atomic E-state index is 0. The maximum absolute atomic E-state index is 3.75. The molecule has 0 amide bonds. The van der Waals surface area contributed by atoms with Crippen molar-refractivity contribution in [2.24, 2.45) is 0 Å². The molecular weight excluding hydrogens is 129 g/mol. The van der Waals surface area contributed by atoms with Gasteiger partial charge in [-0.25, -0.2) is 0 Å². The molecule has 1 rings (SSSR count). The molecule has 1 aliphatic rings. The molecule has 4 heavy (non-hydrogen) atoms. The molecule has 0 aromatic heterocycles. The van der Waals surface area contributed by atoms with Gasteiger partial charge in [-0.2, -0.15) is 13.1 Å². The zero-order valence-electron chi connectivity index (χ0n) is 2.36. The van der Waals surface area contributed by atoms with Gasteiger partial charge in [-0.3, -0.25) is 0 Å². The number of hydrogen-bond donors (Lipinski definition) is 0. The zero-order valence-corrected chi connectivity index (χ0v) is 4.82. The first kappa shape index (κ1) is 4.84. The standard InChI is InChI=1S/C2H4N.Zr/c1-2-3-1;/h1-2H2;/q-1;. The van der Waals surface area contributed by atoms with Crippen LogP contribution in [0.25, 0.3) is 5.32 Å². The van der Waals surface area contributed by atoms with Gasteiger partial charge < -0.3 is 5.32 Å². The molecule has 0 unspecified atom stereocenters. The molecule has 22 valence electrons. The first-order valence-electron chi connectivity index (χ1n) is 1.13. The van der Waals surface area contributed by atoms with Crippen molar-refractivity contribution in [3.63, 3.8) is 0 Å². The average molecular weight is 133 g/mol. The molecule has 1 saturated heterocycles. The van der Waals surface area contributed by atoms with Gasteiger partial charge in [0, 0.05) is 26.2 Å². The Kier molecular flexibility index (Phi) is 2.55. The smallest absolute Gasteiger partial charge is 0 e. The van der Waals surface area contributed by atoms with E-state index in [9.17, 15) is 0 Å². The van der Waals surface area contributed by atoms with E-state index >= 15 is 0 Å². The first-order valence-corrected chi connectivity index (χ1v) is 1.13. The predicted molar refractivity (Wildman–Crippen MR) is 13.1 cm³/mol. The predicted octanol–water partition coefficient (Wildman–Crippen LogP) is 0.371. The summed E-state index contributed by atoms with van der Waals surface area (Å²) in [7, 11) is 0. The molecule has 2 heteroatoms. The summed E-state index contributed by atoms with van der Waals surface area (Å²) in [5, 5.41) is 3.75. The summed E-state index contributed by atoms with van der Waals surface area (Å²) < 4.78 is 0. The molecule has 1 nitrogen and oxygen atoms in total. The van der Waals surface area contributed by atoms with Crippen molar-refractivity contribution in [3.8, 4) is 0 Å². The second kappa shape index (κ2) is 2.10. The monoisotopic (exact) mass is 132 g/mol. The largest absolute Gasteiger partial charge is 0.665 e. The summed E-state index contributed by atoms with van der Waals surface area (Å²) in [5.41, 5.74) is 0. The van der Waals surface area contributed by atoms with Crippen LogP contribution in [0.15, 0.2) is 0 Å². The minimum Gasteiger partial charge on any atom is -0.665 e. The summed E-state index contributed by atoms with van der Waals surface area (Å²) in [4.78, 5) is 0. The zero-order chi connectivity index (χ0) is 2.12. The summed E-state index contributed by atoms with van der Waals surface area (Å²) in [6.45, 7) is 2.25. The van der Waals surface area contributed by atoms with Crippen LogP contribution < -0.4 is 0 Å². The van der Waals surface area contributed by atoms with Crippen LogP contribution in [0.2, 0.25) is 0 Å². The van der Waals surface area contributed by atoms with Gasteiger partial charge in [0.05, 0.1) is 0 Å². The Hall–Kier alpha value is 0.843. The van der Waals surface area contributed by atoms with E-state index in [1.807, 2.05) is 0 Å². The fraction of sp³-hybridized carbons (Fsp3) is 1.00. The van der Waals surface area contributed by atoms with Crippen molar-refractivity contribution in [2.75, 3.05) is 13.1 Å². The van der Waals surface area contributed by atoms with Crippen LogP contribution in [-0.2, 0) is 26.2 Å². The number of rotatable bonds is 0. The Morgan fingerprint density at radius 1 is 1.25 bits per heavy atom. The van der Waals surface area contributed by atoms with E-state index in [1.54, 1.807) is 0 Å². The maximum atomic E-state index is 3.75. The van der Waals surface area contributed by atoms with Crippen LogP contribution in [-0.4, -0.2) is 13.1 Å². The van der Waals surface area contributed by atoms with Gasteiger partial charge >= 0.3 is 0 Å². The van der Waals surface area contributed by atoms with Crippen LogP contribution in [0, 0.1) is 0 Å². The summed E-state index contributed by atoms with van der Waals surface area (Å²) in [6, 6.07) is 0. The van der Waals surface area contributed by atoms with Crippen molar-refractivity contribution in [1.82, 2.24) is 0 Å². The van der Waals surface area contributed by atoms with E-state index in [0.29, 0.717) is 0 Å². The Morgan fingerprint density at radius 2 is 1.50 bits per heavy atom. The van der Waals surface area contributed by atoms with Gasteiger partial charge in [0.2, 0.25) is 0 Å². The molecule has 1 aliphatic heterocycles. The van der Waals surface area contributed by atoms with Crippen molar-refractivity contribution in [1.29, 1.82) is 0 Å². The van der Waals surface area contributed by atoms with E-state index in [0.717, 1.165) is 13.1 Å². The molecular formula is C2H4NZr-. The molecule has 1 heterocycles. The molecule has 0 N–H and O–H groups in total. The quantitative estimate of drug-likeness (QED) is 0.424. The third-order valence-corrected chi connectivity index (χ3v) is 0.224. The summed E-state index contributed by atoms with van der Waals surface area (Å²) >= 11 is 0. The van der Waals surface area contributed by atoms with E-state index in [2.05, 4.69) is 5.32 Å². The van der Waals surface area contributed by atoms with Crippen molar-refractivity contribution >= 4 is 0 Å². The molecule has 0 radical (unpaired) electrons. The van der Waals surface area contributed by atoms with Gasteiger partial charge in [0.25, 0.3) is 0 Å². The third-order valence-electron chi connectivity index (χ3n) is 0.224. The Labute approximate surface area is 44.9 Å². The Bertz CT molecular complexity index is 10.8. The van der Waals surface area contributed by atoms with Gasteiger partial charge in [-0.15, -0.1) is 0 Å². The van der Waals surface area contributed by atoms with E-state index in [4.69, 9.17) is 0 Å². The van der Waals surface area contributed by atoms with E-state index in [1.165, 1.54) is 0 Å². The molecule has 0 aromatic rings. The fourth-order valence-electron chi connectivity index (χ4n) is 0. The molecule has 0 aromatic carbocycles. The van der Waals surface area contributed by atoms with Gasteiger partial charge in [-0.1, -0.05) is 0 Å². The second-order valence-corrected chi connectivity index (χ2v) is 0.671. The van der Waals surface area contributed by atoms with Gasteiger partial charge in [0.1, 0.15) is 0 Å². The molecule has 1 fully saturated rings.